The van der Waals surface area contributed by atoms with E-state index in [4.69, 9.17) is 17.3 Å². The molecule has 1 aromatic rings. The summed E-state index contributed by atoms with van der Waals surface area (Å²) in [5.74, 6) is -1.13. The highest BCUT2D eigenvalue weighted by Gasteiger charge is 2.34. The SMILES string of the molecule is NCc1ncc(OC(F)(F)F)c(C(F)F)c1Cl. The van der Waals surface area contributed by atoms with Gasteiger partial charge in [-0.15, -0.1) is 13.2 Å². The maximum absolute atomic E-state index is 12.6. The predicted molar refractivity (Wildman–Crippen MR) is 48.8 cm³/mol. The molecule has 0 saturated carbocycles. The Morgan fingerprint density at radius 3 is 2.41 bits per heavy atom. The second kappa shape index (κ2) is 5.01. The van der Waals surface area contributed by atoms with E-state index < -0.39 is 29.1 Å². The van der Waals surface area contributed by atoms with Crippen molar-refractivity contribution in [2.75, 3.05) is 0 Å². The van der Waals surface area contributed by atoms with Gasteiger partial charge in [-0.3, -0.25) is 4.98 Å². The zero-order chi connectivity index (χ0) is 13.2. The number of halogens is 6. The summed E-state index contributed by atoms with van der Waals surface area (Å²) in [6.45, 7) is -0.273. The molecule has 0 fully saturated rings. The zero-order valence-corrected chi connectivity index (χ0v) is 8.82. The predicted octanol–water partition coefficient (Wildman–Crippen LogP) is 3.03. The molecular formula is C8H6ClF5N2O. The van der Waals surface area contributed by atoms with Gasteiger partial charge in [0.25, 0.3) is 6.43 Å². The van der Waals surface area contributed by atoms with Gasteiger partial charge in [-0.2, -0.15) is 0 Å². The molecule has 3 nitrogen and oxygen atoms in total. The quantitative estimate of drug-likeness (QED) is 0.863. The van der Waals surface area contributed by atoms with Crippen LogP contribution < -0.4 is 10.5 Å². The van der Waals surface area contributed by atoms with E-state index in [2.05, 4.69) is 9.72 Å². The average molecular weight is 277 g/mol. The van der Waals surface area contributed by atoms with Crippen LogP contribution in [0.3, 0.4) is 0 Å². The van der Waals surface area contributed by atoms with Gasteiger partial charge in [-0.05, 0) is 0 Å². The minimum Gasteiger partial charge on any atom is -0.404 e. The van der Waals surface area contributed by atoms with Gasteiger partial charge in [-0.1, -0.05) is 11.6 Å². The fourth-order valence-electron chi connectivity index (χ4n) is 1.08. The Morgan fingerprint density at radius 1 is 1.41 bits per heavy atom. The normalized spacial score (nSPS) is 12.0. The van der Waals surface area contributed by atoms with Crippen LogP contribution in [0.15, 0.2) is 6.20 Å². The van der Waals surface area contributed by atoms with Crippen LogP contribution in [0.1, 0.15) is 17.7 Å². The summed E-state index contributed by atoms with van der Waals surface area (Å²) in [5, 5.41) is -0.621. The van der Waals surface area contributed by atoms with E-state index in [1.807, 2.05) is 0 Å². The number of rotatable bonds is 3. The van der Waals surface area contributed by atoms with E-state index in [9.17, 15) is 22.0 Å². The molecule has 1 aromatic heterocycles. The Kier molecular flexibility index (Phi) is 4.10. The summed E-state index contributed by atoms with van der Waals surface area (Å²) >= 11 is 5.47. The third-order valence-corrected chi connectivity index (χ3v) is 2.15. The maximum Gasteiger partial charge on any atom is 0.573 e. The van der Waals surface area contributed by atoms with E-state index >= 15 is 0 Å². The Morgan fingerprint density at radius 2 is 2.00 bits per heavy atom. The number of alkyl halides is 5. The van der Waals surface area contributed by atoms with E-state index in [0.717, 1.165) is 0 Å². The molecular weight excluding hydrogens is 271 g/mol. The molecule has 0 amide bonds. The van der Waals surface area contributed by atoms with Crippen molar-refractivity contribution >= 4 is 11.6 Å². The second-order valence-electron chi connectivity index (χ2n) is 2.85. The molecule has 0 atom stereocenters. The molecule has 1 rings (SSSR count). The Labute approximate surface area is 97.3 Å². The molecule has 0 radical (unpaired) electrons. The van der Waals surface area contributed by atoms with Crippen molar-refractivity contribution in [3.8, 4) is 5.75 Å². The molecule has 0 aromatic carbocycles. The van der Waals surface area contributed by atoms with Crippen LogP contribution in [-0.4, -0.2) is 11.3 Å². The molecule has 0 aliphatic rings. The lowest BCUT2D eigenvalue weighted by molar-refractivity contribution is -0.275. The molecule has 17 heavy (non-hydrogen) atoms. The Bertz CT molecular complexity index is 410. The number of hydrogen-bond donors (Lipinski definition) is 1. The molecule has 0 spiro atoms. The number of nitrogens with two attached hydrogens (primary N) is 1. The van der Waals surface area contributed by atoms with Gasteiger partial charge in [0.2, 0.25) is 0 Å². The summed E-state index contributed by atoms with van der Waals surface area (Å²) in [5.41, 5.74) is 3.94. The first kappa shape index (κ1) is 13.9. The molecule has 1 heterocycles. The van der Waals surface area contributed by atoms with Crippen molar-refractivity contribution in [2.45, 2.75) is 19.3 Å². The summed E-state index contributed by atoms with van der Waals surface area (Å²) in [6.07, 6.45) is -7.81. The first-order chi connectivity index (χ1) is 7.76. The van der Waals surface area contributed by atoms with E-state index in [0.29, 0.717) is 6.20 Å². The lowest BCUT2D eigenvalue weighted by Gasteiger charge is -2.14. The van der Waals surface area contributed by atoms with Crippen molar-refractivity contribution in [2.24, 2.45) is 5.73 Å². The fraction of sp³-hybridized carbons (Fsp3) is 0.375. The number of aromatic nitrogens is 1. The number of ether oxygens (including phenoxy) is 1. The molecule has 0 aliphatic heterocycles. The smallest absolute Gasteiger partial charge is 0.404 e. The Balaban J connectivity index is 3.27. The Hall–Kier alpha value is -1.15. The number of pyridine rings is 1. The molecule has 0 unspecified atom stereocenters. The van der Waals surface area contributed by atoms with Crippen LogP contribution in [0.4, 0.5) is 22.0 Å². The average Bonchev–Trinajstić information content (AvgIpc) is 2.14. The summed E-state index contributed by atoms with van der Waals surface area (Å²) in [6, 6.07) is 0. The van der Waals surface area contributed by atoms with Crippen LogP contribution in [0.5, 0.6) is 5.75 Å². The maximum atomic E-state index is 12.6. The van der Waals surface area contributed by atoms with Crippen LogP contribution in [0.25, 0.3) is 0 Å². The molecule has 96 valence electrons. The van der Waals surface area contributed by atoms with Gasteiger partial charge >= 0.3 is 6.36 Å². The topological polar surface area (TPSA) is 48.1 Å². The molecule has 2 N–H and O–H groups in total. The molecule has 0 aliphatic carbocycles. The fourth-order valence-corrected chi connectivity index (χ4v) is 1.38. The minimum absolute atomic E-state index is 0.128. The van der Waals surface area contributed by atoms with Crippen molar-refractivity contribution in [1.82, 2.24) is 4.98 Å². The van der Waals surface area contributed by atoms with Gasteiger partial charge in [0.1, 0.15) is 0 Å². The van der Waals surface area contributed by atoms with Gasteiger partial charge in [0.05, 0.1) is 22.5 Å². The van der Waals surface area contributed by atoms with E-state index in [1.54, 1.807) is 0 Å². The highest BCUT2D eigenvalue weighted by molar-refractivity contribution is 6.32. The van der Waals surface area contributed by atoms with Gasteiger partial charge in [-0.25, -0.2) is 8.78 Å². The zero-order valence-electron chi connectivity index (χ0n) is 8.06. The van der Waals surface area contributed by atoms with Crippen LogP contribution in [0, 0.1) is 0 Å². The van der Waals surface area contributed by atoms with Crippen molar-refractivity contribution < 1.29 is 26.7 Å². The van der Waals surface area contributed by atoms with Crippen LogP contribution in [0.2, 0.25) is 5.02 Å². The first-order valence-corrected chi connectivity index (χ1v) is 4.55. The monoisotopic (exact) mass is 276 g/mol. The second-order valence-corrected chi connectivity index (χ2v) is 3.23. The summed E-state index contributed by atoms with van der Waals surface area (Å²) in [4.78, 5) is 3.41. The summed E-state index contributed by atoms with van der Waals surface area (Å²) in [7, 11) is 0. The first-order valence-electron chi connectivity index (χ1n) is 4.17. The largest absolute Gasteiger partial charge is 0.573 e. The molecule has 9 heteroatoms. The highest BCUT2D eigenvalue weighted by atomic mass is 35.5. The third-order valence-electron chi connectivity index (χ3n) is 1.73. The summed E-state index contributed by atoms with van der Waals surface area (Å²) < 4.78 is 64.4. The van der Waals surface area contributed by atoms with Crippen molar-refractivity contribution in [1.29, 1.82) is 0 Å². The molecule has 0 saturated heterocycles. The van der Waals surface area contributed by atoms with Crippen LogP contribution in [-0.2, 0) is 6.54 Å². The standard InChI is InChI=1S/C8H6ClF5N2O/c9-6-3(1-15)16-2-4(5(6)7(10)11)17-8(12,13)14/h2,7H,1,15H2. The van der Waals surface area contributed by atoms with E-state index in [-0.39, 0.29) is 12.2 Å². The molecule has 0 bridgehead atoms. The van der Waals surface area contributed by atoms with Gasteiger partial charge in [0, 0.05) is 6.54 Å². The lowest BCUT2D eigenvalue weighted by atomic mass is 10.2. The van der Waals surface area contributed by atoms with Crippen molar-refractivity contribution in [3.63, 3.8) is 0 Å². The van der Waals surface area contributed by atoms with Crippen LogP contribution >= 0.6 is 11.6 Å². The van der Waals surface area contributed by atoms with E-state index in [1.165, 1.54) is 0 Å². The van der Waals surface area contributed by atoms with Gasteiger partial charge < -0.3 is 10.5 Å². The number of nitrogens with zero attached hydrogens (tertiary/aromatic N) is 1. The van der Waals surface area contributed by atoms with Crippen molar-refractivity contribution in [3.05, 3.63) is 22.5 Å². The minimum atomic E-state index is -5.10. The highest BCUT2D eigenvalue weighted by Crippen LogP contribution is 2.38. The lowest BCUT2D eigenvalue weighted by Crippen LogP contribution is -2.19. The number of hydrogen-bond acceptors (Lipinski definition) is 3. The van der Waals surface area contributed by atoms with Gasteiger partial charge in [0.15, 0.2) is 5.75 Å². The third kappa shape index (κ3) is 3.40.